The van der Waals surface area contributed by atoms with Crippen molar-refractivity contribution in [3.05, 3.63) is 76.8 Å². The van der Waals surface area contributed by atoms with Crippen molar-refractivity contribution in [2.24, 2.45) is 0 Å². The van der Waals surface area contributed by atoms with Gasteiger partial charge in [-0.1, -0.05) is 36.4 Å². The van der Waals surface area contributed by atoms with Gasteiger partial charge in [0.15, 0.2) is 0 Å². The molecule has 140 valence electrons. The highest BCUT2D eigenvalue weighted by Gasteiger charge is 2.16. The number of carbonyl (C=O) groups is 3. The Kier molecular flexibility index (Phi) is 6.73. The standard InChI is InChI=1S/C20H20ClN3O3/c1-4-18(25)22-12-13-7-5-6-8-15(13)19(26)23-14-9-10-17(21)16(11-14)20(27)24(2)3/h4-11H,1,12H2,2-3H3,(H,22,25)(H,23,26). The average molecular weight is 386 g/mol. The molecule has 0 spiro atoms. The maximum atomic E-state index is 12.7. The molecule has 0 aromatic heterocycles. The summed E-state index contributed by atoms with van der Waals surface area (Å²) in [4.78, 5) is 37.6. The molecule has 2 rings (SSSR count). The Morgan fingerprint density at radius 1 is 1.11 bits per heavy atom. The molecular formula is C20H20ClN3O3. The van der Waals surface area contributed by atoms with Crippen molar-refractivity contribution in [3.63, 3.8) is 0 Å². The second-order valence-electron chi connectivity index (χ2n) is 5.93. The number of amides is 3. The van der Waals surface area contributed by atoms with Crippen LogP contribution in [0.1, 0.15) is 26.3 Å². The van der Waals surface area contributed by atoms with Gasteiger partial charge in [-0.25, -0.2) is 0 Å². The van der Waals surface area contributed by atoms with Crippen LogP contribution in [-0.4, -0.2) is 36.7 Å². The first kappa shape index (κ1) is 20.2. The maximum absolute atomic E-state index is 12.7. The lowest BCUT2D eigenvalue weighted by Crippen LogP contribution is -2.23. The van der Waals surface area contributed by atoms with Crippen molar-refractivity contribution in [2.75, 3.05) is 19.4 Å². The molecule has 0 aliphatic carbocycles. The number of anilines is 1. The van der Waals surface area contributed by atoms with Crippen LogP contribution in [0.2, 0.25) is 5.02 Å². The van der Waals surface area contributed by atoms with Crippen molar-refractivity contribution in [2.45, 2.75) is 6.54 Å². The first-order valence-electron chi connectivity index (χ1n) is 8.14. The summed E-state index contributed by atoms with van der Waals surface area (Å²) in [5, 5.41) is 5.71. The fraction of sp³-hybridized carbons (Fsp3) is 0.150. The molecule has 0 saturated carbocycles. The predicted octanol–water partition coefficient (Wildman–Crippen LogP) is 3.10. The molecule has 0 heterocycles. The zero-order valence-electron chi connectivity index (χ0n) is 15.1. The highest BCUT2D eigenvalue weighted by Crippen LogP contribution is 2.22. The molecule has 2 N–H and O–H groups in total. The van der Waals surface area contributed by atoms with E-state index in [2.05, 4.69) is 17.2 Å². The number of carbonyl (C=O) groups excluding carboxylic acids is 3. The Labute approximate surface area is 162 Å². The van der Waals surface area contributed by atoms with Gasteiger partial charge in [-0.3, -0.25) is 14.4 Å². The summed E-state index contributed by atoms with van der Waals surface area (Å²) in [6.45, 7) is 3.59. The van der Waals surface area contributed by atoms with E-state index < -0.39 is 0 Å². The van der Waals surface area contributed by atoms with Crippen LogP contribution in [0.3, 0.4) is 0 Å². The van der Waals surface area contributed by atoms with Crippen molar-refractivity contribution < 1.29 is 14.4 Å². The smallest absolute Gasteiger partial charge is 0.256 e. The Hall–Kier alpha value is -3.12. The van der Waals surface area contributed by atoms with Crippen LogP contribution in [-0.2, 0) is 11.3 Å². The molecule has 0 bridgehead atoms. The van der Waals surface area contributed by atoms with Crippen LogP contribution in [0.4, 0.5) is 5.69 Å². The third-order valence-electron chi connectivity index (χ3n) is 3.76. The van der Waals surface area contributed by atoms with Gasteiger partial charge in [0.05, 0.1) is 10.6 Å². The van der Waals surface area contributed by atoms with Gasteiger partial charge in [-0.2, -0.15) is 0 Å². The van der Waals surface area contributed by atoms with E-state index >= 15 is 0 Å². The Morgan fingerprint density at radius 2 is 1.81 bits per heavy atom. The van der Waals surface area contributed by atoms with E-state index in [9.17, 15) is 14.4 Å². The molecule has 0 atom stereocenters. The van der Waals surface area contributed by atoms with Gasteiger partial charge in [0.1, 0.15) is 0 Å². The van der Waals surface area contributed by atoms with E-state index in [-0.39, 0.29) is 24.3 Å². The maximum Gasteiger partial charge on any atom is 0.256 e. The van der Waals surface area contributed by atoms with Gasteiger partial charge < -0.3 is 15.5 Å². The average Bonchev–Trinajstić information content (AvgIpc) is 2.67. The van der Waals surface area contributed by atoms with Gasteiger partial charge in [0.2, 0.25) is 5.91 Å². The van der Waals surface area contributed by atoms with Gasteiger partial charge in [0.25, 0.3) is 11.8 Å². The first-order chi connectivity index (χ1) is 12.8. The normalized spacial score (nSPS) is 10.0. The van der Waals surface area contributed by atoms with Crippen molar-refractivity contribution in [1.82, 2.24) is 10.2 Å². The van der Waals surface area contributed by atoms with E-state index in [4.69, 9.17) is 11.6 Å². The van der Waals surface area contributed by atoms with E-state index in [1.54, 1.807) is 50.5 Å². The van der Waals surface area contributed by atoms with E-state index in [1.807, 2.05) is 0 Å². The number of nitrogens with zero attached hydrogens (tertiary/aromatic N) is 1. The quantitative estimate of drug-likeness (QED) is 0.750. The highest BCUT2D eigenvalue weighted by molar-refractivity contribution is 6.34. The van der Waals surface area contributed by atoms with Crippen LogP contribution in [0.25, 0.3) is 0 Å². The second kappa shape index (κ2) is 9.00. The summed E-state index contributed by atoms with van der Waals surface area (Å²) in [6.07, 6.45) is 1.17. The summed E-state index contributed by atoms with van der Waals surface area (Å²) in [5.41, 5.74) is 1.81. The summed E-state index contributed by atoms with van der Waals surface area (Å²) >= 11 is 6.09. The zero-order valence-corrected chi connectivity index (χ0v) is 15.8. The molecule has 3 amide bonds. The minimum Gasteiger partial charge on any atom is -0.348 e. The number of halogens is 1. The van der Waals surface area contributed by atoms with E-state index in [0.717, 1.165) is 0 Å². The monoisotopic (exact) mass is 385 g/mol. The molecule has 0 aliphatic heterocycles. The number of rotatable bonds is 6. The number of hydrogen-bond donors (Lipinski definition) is 2. The summed E-state index contributed by atoms with van der Waals surface area (Å²) in [5.74, 6) is -0.942. The Balaban J connectivity index is 2.23. The molecule has 6 nitrogen and oxygen atoms in total. The summed E-state index contributed by atoms with van der Waals surface area (Å²) in [7, 11) is 3.25. The molecule has 0 saturated heterocycles. The van der Waals surface area contributed by atoms with Crippen LogP contribution in [0.5, 0.6) is 0 Å². The lowest BCUT2D eigenvalue weighted by atomic mass is 10.1. The lowest BCUT2D eigenvalue weighted by Gasteiger charge is -2.14. The van der Waals surface area contributed by atoms with Crippen LogP contribution in [0.15, 0.2) is 55.1 Å². The molecule has 2 aromatic carbocycles. The fourth-order valence-corrected chi connectivity index (χ4v) is 2.56. The molecule has 0 radical (unpaired) electrons. The first-order valence-corrected chi connectivity index (χ1v) is 8.52. The summed E-state index contributed by atoms with van der Waals surface area (Å²) in [6, 6.07) is 11.6. The van der Waals surface area contributed by atoms with Gasteiger partial charge in [-0.15, -0.1) is 0 Å². The molecule has 27 heavy (non-hydrogen) atoms. The topological polar surface area (TPSA) is 78.5 Å². The van der Waals surface area contributed by atoms with Gasteiger partial charge >= 0.3 is 0 Å². The SMILES string of the molecule is C=CC(=O)NCc1ccccc1C(=O)Nc1ccc(Cl)c(C(=O)N(C)C)c1. The fourth-order valence-electron chi connectivity index (χ4n) is 2.36. The predicted molar refractivity (Wildman–Crippen MR) is 106 cm³/mol. The molecule has 0 unspecified atom stereocenters. The van der Waals surface area contributed by atoms with E-state index in [0.29, 0.717) is 27.4 Å². The molecular weight excluding hydrogens is 366 g/mol. The van der Waals surface area contributed by atoms with Crippen molar-refractivity contribution in [3.8, 4) is 0 Å². The second-order valence-corrected chi connectivity index (χ2v) is 6.33. The van der Waals surface area contributed by atoms with Crippen LogP contribution in [0, 0.1) is 0 Å². The van der Waals surface area contributed by atoms with Crippen molar-refractivity contribution >= 4 is 35.0 Å². The zero-order chi connectivity index (χ0) is 20.0. The minimum absolute atomic E-state index is 0.194. The lowest BCUT2D eigenvalue weighted by molar-refractivity contribution is -0.116. The molecule has 7 heteroatoms. The number of hydrogen-bond acceptors (Lipinski definition) is 3. The molecule has 0 fully saturated rings. The Bertz CT molecular complexity index is 894. The Morgan fingerprint density at radius 3 is 2.48 bits per heavy atom. The number of benzene rings is 2. The summed E-state index contributed by atoms with van der Waals surface area (Å²) < 4.78 is 0. The minimum atomic E-state index is -0.357. The third kappa shape index (κ3) is 5.18. The molecule has 0 aliphatic rings. The largest absolute Gasteiger partial charge is 0.348 e. The highest BCUT2D eigenvalue weighted by atomic mass is 35.5. The van der Waals surface area contributed by atoms with Gasteiger partial charge in [-0.05, 0) is 35.9 Å². The molecule has 2 aromatic rings. The third-order valence-corrected chi connectivity index (χ3v) is 4.09. The van der Waals surface area contributed by atoms with Crippen LogP contribution >= 0.6 is 11.6 Å². The van der Waals surface area contributed by atoms with Gasteiger partial charge in [0, 0.05) is 31.9 Å². The number of nitrogens with one attached hydrogen (secondary N) is 2. The van der Waals surface area contributed by atoms with E-state index in [1.165, 1.54) is 17.0 Å². The van der Waals surface area contributed by atoms with Crippen molar-refractivity contribution in [1.29, 1.82) is 0 Å². The van der Waals surface area contributed by atoms with Crippen LogP contribution < -0.4 is 10.6 Å².